The quantitative estimate of drug-likeness (QED) is 0.00571. The van der Waals surface area contributed by atoms with Crippen molar-refractivity contribution in [2.75, 3.05) is 84.9 Å². The number of hydroxylamine groups is 4. The van der Waals surface area contributed by atoms with Crippen LogP contribution in [0.4, 0.5) is 32.3 Å². The standard InChI is InChI=1S/C21H32N4O2.C20H31N5O2.2C19H25F3N4O2/c1-4-6-7-8-13-24(5-2)14-15-25-17(3)22-19-16-18(9-11-20(19)25)10-12-21(26)23-27;1-6-11-21-19-22-16-12-15(8-10-18(26)23-27)7-9-17(16)25(19)14-20(2,3)13-24(4)5;1-14(2)25(9-3-8-19(20,21)22)10-11-26-13-23-16-12-15(4-6-17(16)26)5-7-18(27)24-28;1-3-5-10-25(4-2)11-12-26-16-8-6-14(7-9-17(27)24-28)13-15(16)23-18(26)19(20,21)22/h9-12,16,27H,4-8,13-15H2,1-3H3,(H,23,26);7-10,12,27H,6,11,13-14H2,1-5H3,(H,21,22)(H,23,26);4-7,12-14,28H,3,8-11H2,1-2H3,(H,24,27);6-9,13,28H,3-5,10-12H2,1-2H3,(H,24,27)/b12-10+;10-8+;7-5+;9-7+. The number of alkyl halides is 6. The fraction of sp³-hybridized carbons (Fsp3) is 0.494. The molecule has 25 nitrogen and oxygen atoms in total. The van der Waals surface area contributed by atoms with Crippen LogP contribution in [-0.4, -0.2) is 194 Å². The smallest absolute Gasteiger partial charge is 0.356 e. The van der Waals surface area contributed by atoms with Gasteiger partial charge in [-0.25, -0.2) is 41.9 Å². The molecule has 0 unspecified atom stereocenters. The molecule has 0 fully saturated rings. The van der Waals surface area contributed by atoms with Crippen LogP contribution in [0.3, 0.4) is 0 Å². The highest BCUT2D eigenvalue weighted by molar-refractivity contribution is 5.94. The van der Waals surface area contributed by atoms with E-state index in [1.165, 1.54) is 71.6 Å². The van der Waals surface area contributed by atoms with E-state index in [0.29, 0.717) is 37.3 Å². The lowest BCUT2D eigenvalue weighted by atomic mass is 9.92. The fourth-order valence-corrected chi connectivity index (χ4v) is 12.5. The van der Waals surface area contributed by atoms with Gasteiger partial charge < -0.3 is 38.3 Å². The summed E-state index contributed by atoms with van der Waals surface area (Å²) in [6, 6.07) is 22.2. The predicted molar refractivity (Wildman–Crippen MR) is 421 cm³/mol. The number of unbranched alkanes of at least 4 members (excludes halogenated alkanes) is 4. The molecule has 0 bridgehead atoms. The van der Waals surface area contributed by atoms with Gasteiger partial charge in [0.15, 0.2) is 0 Å². The number of amides is 4. The molecule has 0 aliphatic carbocycles. The number of hydrogen-bond donors (Lipinski definition) is 9. The third kappa shape index (κ3) is 30.5. The number of anilines is 1. The van der Waals surface area contributed by atoms with Crippen molar-refractivity contribution in [3.63, 3.8) is 0 Å². The Balaban J connectivity index is 0.000000263. The van der Waals surface area contributed by atoms with Gasteiger partial charge in [-0.1, -0.05) is 98.4 Å². The Kier molecular flexibility index (Phi) is 37.9. The zero-order valence-electron chi connectivity index (χ0n) is 65.5. The molecule has 0 atom stereocenters. The average molecular weight is 1540 g/mol. The van der Waals surface area contributed by atoms with Crippen molar-refractivity contribution in [3.05, 3.63) is 137 Å². The number of imidazole rings is 4. The minimum atomic E-state index is -4.56. The number of carbonyl (C=O) groups excluding carboxylic acids is 4. The van der Waals surface area contributed by atoms with Crippen molar-refractivity contribution in [3.8, 4) is 0 Å². The number of fused-ring (bicyclic) bond motifs is 4. The summed E-state index contributed by atoms with van der Waals surface area (Å²) in [6.07, 6.45) is 11.7. The summed E-state index contributed by atoms with van der Waals surface area (Å²) in [5, 5.41) is 37.6. The van der Waals surface area contributed by atoms with Crippen LogP contribution < -0.4 is 27.2 Å². The van der Waals surface area contributed by atoms with Crippen LogP contribution in [0.2, 0.25) is 0 Å². The third-order valence-corrected chi connectivity index (χ3v) is 18.0. The van der Waals surface area contributed by atoms with E-state index in [-0.39, 0.29) is 29.9 Å². The van der Waals surface area contributed by atoms with Crippen LogP contribution >= 0.6 is 0 Å². The summed E-state index contributed by atoms with van der Waals surface area (Å²) in [5.41, 5.74) is 15.5. The fourth-order valence-electron chi connectivity index (χ4n) is 12.5. The minimum Gasteiger partial charge on any atom is -0.356 e. The van der Waals surface area contributed by atoms with Crippen molar-refractivity contribution in [1.29, 1.82) is 0 Å². The number of halogens is 6. The molecule has 4 heterocycles. The van der Waals surface area contributed by atoms with E-state index in [0.717, 1.165) is 146 Å². The Labute approximate surface area is 640 Å². The Bertz CT molecular complexity index is 4310. The summed E-state index contributed by atoms with van der Waals surface area (Å²) < 4.78 is 85.3. The van der Waals surface area contributed by atoms with Gasteiger partial charge in [-0.2, -0.15) is 26.3 Å². The molecular weight excluding hydrogens is 1430 g/mol. The van der Waals surface area contributed by atoms with E-state index < -0.39 is 48.2 Å². The Morgan fingerprint density at radius 3 is 1.43 bits per heavy atom. The average Bonchev–Trinajstić information content (AvgIpc) is 1.64. The van der Waals surface area contributed by atoms with Gasteiger partial charge in [0, 0.05) is 95.7 Å². The highest BCUT2D eigenvalue weighted by Gasteiger charge is 2.38. The van der Waals surface area contributed by atoms with Crippen LogP contribution in [0.25, 0.3) is 68.4 Å². The molecular formula is C79H113F6N17O8. The van der Waals surface area contributed by atoms with Crippen LogP contribution in [0.15, 0.2) is 103 Å². The highest BCUT2D eigenvalue weighted by Crippen LogP contribution is 2.33. The number of likely N-dealkylation sites (N-methyl/N-ethyl adjacent to an activating group) is 2. The molecule has 9 N–H and O–H groups in total. The Morgan fingerprint density at radius 2 is 0.973 bits per heavy atom. The lowest BCUT2D eigenvalue weighted by molar-refractivity contribution is -0.147. The normalized spacial score (nSPS) is 12.2. The second kappa shape index (κ2) is 45.7. The van der Waals surface area contributed by atoms with Gasteiger partial charge in [-0.15, -0.1) is 0 Å². The largest absolute Gasteiger partial charge is 0.449 e. The summed E-state index contributed by atoms with van der Waals surface area (Å²) in [4.78, 5) is 70.9. The topological polar surface area (TPSA) is 294 Å². The van der Waals surface area contributed by atoms with E-state index in [1.54, 1.807) is 47.6 Å². The first kappa shape index (κ1) is 91.3. The van der Waals surface area contributed by atoms with Crippen molar-refractivity contribution >= 4 is 98.0 Å². The zero-order valence-corrected chi connectivity index (χ0v) is 65.5. The first-order chi connectivity index (χ1) is 52.3. The van der Waals surface area contributed by atoms with Crippen molar-refractivity contribution in [2.45, 2.75) is 172 Å². The first-order valence-electron chi connectivity index (χ1n) is 37.5. The molecule has 4 aromatic carbocycles. The summed E-state index contributed by atoms with van der Waals surface area (Å²) >= 11 is 0. The number of aryl methyl sites for hydroxylation is 1. The van der Waals surface area contributed by atoms with Crippen LogP contribution in [-0.2, 0) is 51.5 Å². The Hall–Kier alpha value is -9.34. The lowest BCUT2D eigenvalue weighted by Gasteiger charge is -2.29. The minimum absolute atomic E-state index is 0.0809. The van der Waals surface area contributed by atoms with Crippen LogP contribution in [0.5, 0.6) is 0 Å². The molecule has 0 saturated heterocycles. The zero-order chi connectivity index (χ0) is 81.1. The molecule has 0 spiro atoms. The molecule has 8 aromatic rings. The number of carbonyl (C=O) groups is 4. The SMILES string of the molecule is CC(C)N(CCCC(F)(F)F)CCn1cnc2cc(/C=C/C(=O)NO)ccc21.CCCCCCN(CC)CCn1c(C)nc2cc(/C=C/C(=O)NO)ccc21.CCCCN(CC)CCn1c(C(F)(F)F)nc2cc(/C=C/C(=O)NO)ccc21.CCCNc1nc2cc(/C=C/C(=O)NO)ccc2n1CC(C)(C)CN(C)C. The summed E-state index contributed by atoms with van der Waals surface area (Å²) in [7, 11) is 4.18. The van der Waals surface area contributed by atoms with Crippen molar-refractivity contribution in [2.24, 2.45) is 5.41 Å². The van der Waals surface area contributed by atoms with Crippen LogP contribution in [0.1, 0.15) is 154 Å². The number of nitrogens with one attached hydrogen (secondary N) is 5. The van der Waals surface area contributed by atoms with Gasteiger partial charge in [0.1, 0.15) is 5.82 Å². The number of aromatic nitrogens is 8. The van der Waals surface area contributed by atoms with Gasteiger partial charge in [0.2, 0.25) is 11.8 Å². The molecule has 8 rings (SSSR count). The van der Waals surface area contributed by atoms with E-state index in [9.17, 15) is 45.5 Å². The van der Waals surface area contributed by atoms with E-state index >= 15 is 0 Å². The van der Waals surface area contributed by atoms with E-state index in [1.807, 2.05) is 91.8 Å². The molecule has 604 valence electrons. The van der Waals surface area contributed by atoms with Gasteiger partial charge in [0.05, 0.1) is 50.5 Å². The molecule has 0 saturated carbocycles. The van der Waals surface area contributed by atoms with Crippen molar-refractivity contribution in [1.82, 2.24) is 79.7 Å². The van der Waals surface area contributed by atoms with Gasteiger partial charge >= 0.3 is 12.4 Å². The predicted octanol–water partition coefficient (Wildman–Crippen LogP) is 14.0. The summed E-state index contributed by atoms with van der Waals surface area (Å²) in [6.45, 7) is 32.0. The maximum Gasteiger partial charge on any atom is 0.449 e. The third-order valence-electron chi connectivity index (χ3n) is 18.0. The molecule has 4 amide bonds. The molecule has 0 radical (unpaired) electrons. The van der Waals surface area contributed by atoms with Gasteiger partial charge in [-0.3, -0.25) is 44.9 Å². The lowest BCUT2D eigenvalue weighted by Crippen LogP contribution is -2.35. The second-order valence-corrected chi connectivity index (χ2v) is 28.0. The summed E-state index contributed by atoms with van der Waals surface area (Å²) in [5.74, 6) is -1.51. The molecule has 0 aliphatic rings. The van der Waals surface area contributed by atoms with Crippen LogP contribution in [0, 0.1) is 12.3 Å². The maximum absolute atomic E-state index is 13.5. The molecule has 31 heteroatoms. The maximum atomic E-state index is 13.5. The van der Waals surface area contributed by atoms with Gasteiger partial charge in [0.25, 0.3) is 23.6 Å². The number of hydrogen-bond acceptors (Lipinski definition) is 17. The highest BCUT2D eigenvalue weighted by atomic mass is 19.4. The number of rotatable bonds is 38. The van der Waals surface area contributed by atoms with Crippen molar-refractivity contribution < 1.29 is 66.3 Å². The first-order valence-corrected chi connectivity index (χ1v) is 37.5. The number of nitrogens with zero attached hydrogens (tertiary/aromatic N) is 12. The number of benzene rings is 4. The van der Waals surface area contributed by atoms with Gasteiger partial charge in [-0.05, 0) is 194 Å². The monoisotopic (exact) mass is 1540 g/mol. The van der Waals surface area contributed by atoms with E-state index in [4.69, 9.17) is 25.8 Å². The molecule has 0 aliphatic heterocycles. The molecule has 4 aromatic heterocycles. The second-order valence-electron chi connectivity index (χ2n) is 28.0. The molecule has 110 heavy (non-hydrogen) atoms. The van der Waals surface area contributed by atoms with E-state index in [2.05, 4.69) is 99.7 Å². The Morgan fingerprint density at radius 1 is 0.518 bits per heavy atom.